The smallest absolute Gasteiger partial charge is 0.254 e. The standard InChI is InChI=1S/C25H25N5O3/c1-2-6-21(31)29-14-13-19-20(15-29)30-25(27-19)22(24(26)32)23(28-30)16-9-11-18(12-10-16)33-17-7-4-3-5-8-17/h2-12,21,28,31H,13-15H2,1H3,(H2,26,32)/b6-2+. The molecule has 0 radical (unpaired) electrons. The number of para-hydroxylation sites is 1. The number of nitrogens with one attached hydrogen (secondary N) is 1. The van der Waals surface area contributed by atoms with Crippen LogP contribution in [0.1, 0.15) is 28.7 Å². The van der Waals surface area contributed by atoms with Gasteiger partial charge >= 0.3 is 0 Å². The highest BCUT2D eigenvalue weighted by molar-refractivity contribution is 6.04. The highest BCUT2D eigenvalue weighted by Gasteiger charge is 2.29. The number of fused-ring (bicyclic) bond motifs is 3. The Hall–Kier alpha value is -3.88. The van der Waals surface area contributed by atoms with Crippen molar-refractivity contribution in [2.75, 3.05) is 6.54 Å². The molecule has 2 aromatic carbocycles. The lowest BCUT2D eigenvalue weighted by atomic mass is 10.1. The highest BCUT2D eigenvalue weighted by Crippen LogP contribution is 2.31. The number of rotatable bonds is 6. The minimum absolute atomic E-state index is 0.349. The molecule has 1 atom stereocenters. The van der Waals surface area contributed by atoms with Crippen LogP contribution in [0.4, 0.5) is 0 Å². The molecule has 5 rings (SSSR count). The van der Waals surface area contributed by atoms with Crippen LogP contribution in [0, 0.1) is 0 Å². The summed E-state index contributed by atoms with van der Waals surface area (Å²) in [6.45, 7) is 3.06. The van der Waals surface area contributed by atoms with Gasteiger partial charge in [-0.3, -0.25) is 14.8 Å². The number of aromatic nitrogens is 3. The predicted octanol–water partition coefficient (Wildman–Crippen LogP) is 3.47. The van der Waals surface area contributed by atoms with Gasteiger partial charge < -0.3 is 15.6 Å². The first kappa shape index (κ1) is 21.0. The zero-order chi connectivity index (χ0) is 22.9. The molecule has 8 heteroatoms. The summed E-state index contributed by atoms with van der Waals surface area (Å²) in [7, 11) is 0. The first-order valence-corrected chi connectivity index (χ1v) is 10.9. The number of carbonyl (C=O) groups excluding carboxylic acids is 1. The van der Waals surface area contributed by atoms with E-state index < -0.39 is 12.1 Å². The summed E-state index contributed by atoms with van der Waals surface area (Å²) in [6.07, 6.45) is 3.58. The quantitative estimate of drug-likeness (QED) is 0.396. The molecular formula is C25H25N5O3. The largest absolute Gasteiger partial charge is 0.457 e. The molecule has 4 N–H and O–H groups in total. The third kappa shape index (κ3) is 3.90. The summed E-state index contributed by atoms with van der Waals surface area (Å²) < 4.78 is 7.68. The Morgan fingerprint density at radius 1 is 1.18 bits per heavy atom. The predicted molar refractivity (Wildman–Crippen MR) is 125 cm³/mol. The number of aromatic amines is 1. The number of primary amides is 1. The number of amides is 1. The van der Waals surface area contributed by atoms with E-state index in [1.54, 1.807) is 6.08 Å². The van der Waals surface area contributed by atoms with E-state index in [-0.39, 0.29) is 0 Å². The maximum absolute atomic E-state index is 12.4. The molecule has 0 spiro atoms. The zero-order valence-corrected chi connectivity index (χ0v) is 18.2. The number of allylic oxidation sites excluding steroid dienone is 1. The second-order valence-electron chi connectivity index (χ2n) is 7.99. The summed E-state index contributed by atoms with van der Waals surface area (Å²) in [6, 6.07) is 17.0. The number of aliphatic hydroxyl groups excluding tert-OH is 1. The molecule has 8 nitrogen and oxygen atoms in total. The molecule has 1 unspecified atom stereocenters. The summed E-state index contributed by atoms with van der Waals surface area (Å²) in [5, 5.41) is 13.7. The Morgan fingerprint density at radius 2 is 1.91 bits per heavy atom. The van der Waals surface area contributed by atoms with Crippen LogP contribution < -0.4 is 10.5 Å². The van der Waals surface area contributed by atoms with Crippen molar-refractivity contribution in [1.29, 1.82) is 0 Å². The lowest BCUT2D eigenvalue weighted by Gasteiger charge is -2.29. The van der Waals surface area contributed by atoms with Crippen LogP contribution in [0.3, 0.4) is 0 Å². The van der Waals surface area contributed by atoms with Crippen molar-refractivity contribution in [3.8, 4) is 22.8 Å². The average molecular weight is 444 g/mol. The first-order chi connectivity index (χ1) is 16.0. The molecule has 168 valence electrons. The molecule has 0 bridgehead atoms. The van der Waals surface area contributed by atoms with E-state index in [1.807, 2.05) is 77.0 Å². The van der Waals surface area contributed by atoms with Crippen molar-refractivity contribution in [2.45, 2.75) is 26.1 Å². The van der Waals surface area contributed by atoms with Gasteiger partial charge in [-0.05, 0) is 49.4 Å². The van der Waals surface area contributed by atoms with Gasteiger partial charge in [0, 0.05) is 25.1 Å². The topological polar surface area (TPSA) is 109 Å². The molecule has 1 aliphatic rings. The Kier molecular flexibility index (Phi) is 5.45. The second kappa shape index (κ2) is 8.57. The zero-order valence-electron chi connectivity index (χ0n) is 18.2. The van der Waals surface area contributed by atoms with Crippen LogP contribution in [0.25, 0.3) is 16.9 Å². The van der Waals surface area contributed by atoms with E-state index in [0.717, 1.165) is 22.7 Å². The average Bonchev–Trinajstić information content (AvgIpc) is 3.36. The van der Waals surface area contributed by atoms with Crippen LogP contribution in [0.5, 0.6) is 11.5 Å². The van der Waals surface area contributed by atoms with E-state index in [1.165, 1.54) is 0 Å². The molecule has 4 aromatic rings. The molecule has 0 aliphatic carbocycles. The monoisotopic (exact) mass is 443 g/mol. The fraction of sp³-hybridized carbons (Fsp3) is 0.200. The van der Waals surface area contributed by atoms with Crippen molar-refractivity contribution in [3.05, 3.63) is 83.7 Å². The molecule has 0 fully saturated rings. The number of nitrogens with zero attached hydrogens (tertiary/aromatic N) is 3. The summed E-state index contributed by atoms with van der Waals surface area (Å²) in [5.41, 5.74) is 9.85. The number of carbonyl (C=O) groups is 1. The van der Waals surface area contributed by atoms with Gasteiger partial charge in [-0.1, -0.05) is 24.3 Å². The number of hydrogen-bond acceptors (Lipinski definition) is 5. The van der Waals surface area contributed by atoms with E-state index >= 15 is 0 Å². The van der Waals surface area contributed by atoms with Crippen molar-refractivity contribution in [1.82, 2.24) is 19.5 Å². The molecule has 0 saturated heterocycles. The van der Waals surface area contributed by atoms with E-state index in [9.17, 15) is 9.90 Å². The summed E-state index contributed by atoms with van der Waals surface area (Å²) >= 11 is 0. The number of hydrogen-bond donors (Lipinski definition) is 3. The van der Waals surface area contributed by atoms with Gasteiger partial charge in [0.1, 0.15) is 23.3 Å². The number of ether oxygens (including phenoxy) is 1. The summed E-state index contributed by atoms with van der Waals surface area (Å²) in [5.74, 6) is 0.889. The van der Waals surface area contributed by atoms with E-state index in [4.69, 9.17) is 15.5 Å². The van der Waals surface area contributed by atoms with Crippen molar-refractivity contribution in [3.63, 3.8) is 0 Å². The molecule has 2 aromatic heterocycles. The third-order valence-electron chi connectivity index (χ3n) is 5.85. The van der Waals surface area contributed by atoms with Gasteiger partial charge in [0.15, 0.2) is 5.65 Å². The van der Waals surface area contributed by atoms with Crippen LogP contribution >= 0.6 is 0 Å². The van der Waals surface area contributed by atoms with Gasteiger partial charge in [-0.25, -0.2) is 9.50 Å². The van der Waals surface area contributed by atoms with Crippen LogP contribution in [0.15, 0.2) is 66.7 Å². The molecule has 33 heavy (non-hydrogen) atoms. The van der Waals surface area contributed by atoms with E-state index in [2.05, 4.69) is 5.10 Å². The van der Waals surface area contributed by atoms with Gasteiger partial charge in [-0.15, -0.1) is 0 Å². The number of benzene rings is 2. The third-order valence-corrected chi connectivity index (χ3v) is 5.85. The van der Waals surface area contributed by atoms with Gasteiger partial charge in [0.05, 0.1) is 17.1 Å². The van der Waals surface area contributed by atoms with Gasteiger partial charge in [0.2, 0.25) is 0 Å². The lowest BCUT2D eigenvalue weighted by molar-refractivity contribution is 0.0298. The minimum Gasteiger partial charge on any atom is -0.457 e. The maximum atomic E-state index is 12.4. The van der Waals surface area contributed by atoms with Crippen molar-refractivity contribution >= 4 is 11.6 Å². The molecular weight excluding hydrogens is 418 g/mol. The Balaban J connectivity index is 1.50. The fourth-order valence-corrected chi connectivity index (χ4v) is 4.23. The SMILES string of the molecule is C/C=C/C(O)N1CCc2nc3c(C(N)=O)c(-c4ccc(Oc5ccccc5)cc4)[nH]n3c2C1. The molecule has 3 heterocycles. The number of H-pyrrole nitrogens is 1. The molecule has 1 aliphatic heterocycles. The van der Waals surface area contributed by atoms with Crippen molar-refractivity contribution in [2.24, 2.45) is 5.73 Å². The second-order valence-corrected chi connectivity index (χ2v) is 7.99. The lowest BCUT2D eigenvalue weighted by Crippen LogP contribution is -2.38. The van der Waals surface area contributed by atoms with Gasteiger partial charge in [-0.2, -0.15) is 0 Å². The molecule has 0 saturated carbocycles. The van der Waals surface area contributed by atoms with Crippen LogP contribution in [-0.2, 0) is 13.0 Å². The normalized spacial score (nSPS) is 15.1. The Bertz CT molecular complexity index is 1320. The van der Waals surface area contributed by atoms with Crippen LogP contribution in [-0.4, -0.2) is 43.3 Å². The maximum Gasteiger partial charge on any atom is 0.254 e. The molecule has 1 amide bonds. The number of nitrogens with two attached hydrogens (primary N) is 1. The Morgan fingerprint density at radius 3 is 2.61 bits per heavy atom. The summed E-state index contributed by atoms with van der Waals surface area (Å²) in [4.78, 5) is 19.1. The minimum atomic E-state index is -0.670. The van der Waals surface area contributed by atoms with E-state index in [0.29, 0.717) is 42.2 Å². The van der Waals surface area contributed by atoms with Crippen LogP contribution in [0.2, 0.25) is 0 Å². The number of aliphatic hydroxyl groups is 1. The Labute approximate surface area is 190 Å². The fourth-order valence-electron chi connectivity index (χ4n) is 4.23. The first-order valence-electron chi connectivity index (χ1n) is 10.9. The highest BCUT2D eigenvalue weighted by atomic mass is 16.5. The van der Waals surface area contributed by atoms with Crippen molar-refractivity contribution < 1.29 is 14.6 Å². The number of imidazole rings is 1. The van der Waals surface area contributed by atoms with Gasteiger partial charge in [0.25, 0.3) is 5.91 Å².